The average Bonchev–Trinajstić information content (AvgIpc) is 3.83. The lowest BCUT2D eigenvalue weighted by atomic mass is 9.81. The number of carbonyl (C=O) groups is 6. The molecule has 0 aliphatic carbocycles. The fourth-order valence-corrected chi connectivity index (χ4v) is 9.40. The van der Waals surface area contributed by atoms with E-state index in [4.69, 9.17) is 9.68 Å². The lowest BCUT2D eigenvalue weighted by molar-refractivity contribution is -0.438. The Balaban J connectivity index is 1.22. The van der Waals surface area contributed by atoms with Crippen molar-refractivity contribution in [3.8, 4) is 0 Å². The van der Waals surface area contributed by atoms with E-state index in [1.807, 2.05) is 55.4 Å². The maximum atomic E-state index is 12.4. The van der Waals surface area contributed by atoms with Crippen molar-refractivity contribution in [3.05, 3.63) is 71.5 Å². The van der Waals surface area contributed by atoms with E-state index in [0.717, 1.165) is 22.8 Å². The third-order valence-electron chi connectivity index (χ3n) is 11.8. The van der Waals surface area contributed by atoms with E-state index in [0.29, 0.717) is 72.9 Å². The molecule has 2 fully saturated rings. The van der Waals surface area contributed by atoms with E-state index in [-0.39, 0.29) is 48.3 Å². The number of hydrogen-bond acceptors (Lipinski definition) is 13. The molecule has 2 aromatic rings. The number of benzene rings is 2. The molecular formula is C43H51N4O14S2+. The van der Waals surface area contributed by atoms with Gasteiger partial charge in [0, 0.05) is 86.0 Å². The van der Waals surface area contributed by atoms with Crippen molar-refractivity contribution in [2.24, 2.45) is 0 Å². The zero-order valence-corrected chi connectivity index (χ0v) is 37.1. The number of hydroxylamine groups is 4. The molecule has 0 aromatic heterocycles. The van der Waals surface area contributed by atoms with Gasteiger partial charge in [0.05, 0.1) is 15.2 Å². The van der Waals surface area contributed by atoms with Gasteiger partial charge in [-0.3, -0.25) is 28.3 Å². The van der Waals surface area contributed by atoms with Crippen molar-refractivity contribution in [1.82, 2.24) is 10.1 Å². The Kier molecular flexibility index (Phi) is 13.6. The van der Waals surface area contributed by atoms with Crippen molar-refractivity contribution in [2.75, 3.05) is 18.0 Å². The summed E-state index contributed by atoms with van der Waals surface area (Å²) in [4.78, 5) is 83.6. The van der Waals surface area contributed by atoms with E-state index >= 15 is 0 Å². The Bertz CT molecular complexity index is 2540. The summed E-state index contributed by atoms with van der Waals surface area (Å²) in [5, 5.41) is 1.04. The molecule has 20 heteroatoms. The number of unbranched alkanes of at least 4 members (excludes halogenated alkanes) is 4. The van der Waals surface area contributed by atoms with Crippen LogP contribution in [-0.4, -0.2) is 95.0 Å². The highest BCUT2D eigenvalue weighted by Gasteiger charge is 2.45. The third-order valence-corrected chi connectivity index (χ3v) is 13.5. The Morgan fingerprint density at radius 1 is 0.683 bits per heavy atom. The Morgan fingerprint density at radius 2 is 1.17 bits per heavy atom. The molecule has 4 heterocycles. The SMILES string of the molecule is CC1(C)C(=CC=CC2=[N+](CCCCCC(=O)ON3C(=O)CCC3=O)c3ccc(S(=O)(=O)O)cc3C2(C)C)N(CCCCCC(=O)ON2C(=O)CCC2=O)c2ccc(S(=O)(=O)O)cc21. The van der Waals surface area contributed by atoms with Crippen LogP contribution in [0.3, 0.4) is 0 Å². The molecule has 2 aromatic carbocycles. The third kappa shape index (κ3) is 10.1. The maximum Gasteiger partial charge on any atom is 0.333 e. The second kappa shape index (κ2) is 18.3. The minimum Gasteiger partial charge on any atom is -0.344 e. The molecule has 2 N–H and O–H groups in total. The van der Waals surface area contributed by atoms with E-state index in [2.05, 4.69) is 0 Å². The van der Waals surface area contributed by atoms with Crippen molar-refractivity contribution in [3.63, 3.8) is 0 Å². The van der Waals surface area contributed by atoms with Gasteiger partial charge in [0.25, 0.3) is 43.9 Å². The van der Waals surface area contributed by atoms with Crippen LogP contribution in [0.2, 0.25) is 0 Å². The lowest BCUT2D eigenvalue weighted by Gasteiger charge is -2.27. The number of imide groups is 2. The summed E-state index contributed by atoms with van der Waals surface area (Å²) in [5.41, 5.74) is 2.82. The van der Waals surface area contributed by atoms with E-state index in [1.165, 1.54) is 24.3 Å². The van der Waals surface area contributed by atoms with Crippen LogP contribution >= 0.6 is 0 Å². The molecule has 2 saturated heterocycles. The molecule has 0 unspecified atom stereocenters. The molecular weight excluding hydrogens is 861 g/mol. The highest BCUT2D eigenvalue weighted by molar-refractivity contribution is 7.86. The van der Waals surface area contributed by atoms with Crippen LogP contribution in [0.1, 0.15) is 116 Å². The lowest BCUT2D eigenvalue weighted by Crippen LogP contribution is -2.32. The zero-order valence-electron chi connectivity index (χ0n) is 35.5. The van der Waals surface area contributed by atoms with Gasteiger partial charge in [0.2, 0.25) is 5.69 Å². The number of rotatable bonds is 18. The van der Waals surface area contributed by atoms with Crippen LogP contribution in [0.4, 0.5) is 11.4 Å². The minimum absolute atomic E-state index is 0.00448. The first-order valence-electron chi connectivity index (χ1n) is 20.7. The number of anilines is 1. The summed E-state index contributed by atoms with van der Waals surface area (Å²) in [6.07, 6.45) is 8.74. The number of fused-ring (bicyclic) bond motifs is 2. The van der Waals surface area contributed by atoms with Crippen LogP contribution in [0, 0.1) is 0 Å². The van der Waals surface area contributed by atoms with Gasteiger partial charge >= 0.3 is 11.9 Å². The molecule has 18 nitrogen and oxygen atoms in total. The number of hydrogen-bond donors (Lipinski definition) is 2. The molecule has 63 heavy (non-hydrogen) atoms. The predicted molar refractivity (Wildman–Crippen MR) is 224 cm³/mol. The number of nitrogens with zero attached hydrogens (tertiary/aromatic N) is 4. The molecule has 4 aliphatic heterocycles. The van der Waals surface area contributed by atoms with Crippen LogP contribution in [0.15, 0.2) is 70.1 Å². The van der Waals surface area contributed by atoms with Gasteiger partial charge in [-0.1, -0.05) is 26.3 Å². The molecule has 0 spiro atoms. The highest BCUT2D eigenvalue weighted by atomic mass is 32.2. The fourth-order valence-electron chi connectivity index (χ4n) is 8.38. The van der Waals surface area contributed by atoms with Crippen LogP contribution in [0.25, 0.3) is 0 Å². The van der Waals surface area contributed by atoms with Gasteiger partial charge in [0.15, 0.2) is 5.71 Å². The summed E-state index contributed by atoms with van der Waals surface area (Å²) in [7, 11) is -9.04. The zero-order chi connectivity index (χ0) is 46.1. The van der Waals surface area contributed by atoms with E-state index in [1.54, 1.807) is 12.1 Å². The summed E-state index contributed by atoms with van der Waals surface area (Å²) in [5.74, 6) is -3.61. The molecule has 338 valence electrons. The summed E-state index contributed by atoms with van der Waals surface area (Å²) in [6, 6.07) is 8.83. The smallest absolute Gasteiger partial charge is 0.333 e. The van der Waals surface area contributed by atoms with Gasteiger partial charge in [-0.25, -0.2) is 9.59 Å². The summed E-state index contributed by atoms with van der Waals surface area (Å²) >= 11 is 0. The maximum absolute atomic E-state index is 12.4. The van der Waals surface area contributed by atoms with Crippen molar-refractivity contribution in [2.45, 2.75) is 125 Å². The first-order valence-corrected chi connectivity index (χ1v) is 23.6. The minimum atomic E-state index is -4.52. The monoisotopic (exact) mass is 911 g/mol. The van der Waals surface area contributed by atoms with Gasteiger partial charge in [0.1, 0.15) is 6.54 Å². The van der Waals surface area contributed by atoms with Gasteiger partial charge in [-0.2, -0.15) is 21.4 Å². The van der Waals surface area contributed by atoms with Gasteiger partial charge in [-0.05, 0) is 81.5 Å². The van der Waals surface area contributed by atoms with E-state index in [9.17, 15) is 54.7 Å². The van der Waals surface area contributed by atoms with Gasteiger partial charge in [-0.15, -0.1) is 10.1 Å². The van der Waals surface area contributed by atoms with E-state index < -0.39 is 66.6 Å². The number of allylic oxidation sites excluding steroid dienone is 4. The highest BCUT2D eigenvalue weighted by Crippen LogP contribution is 2.49. The molecule has 0 atom stereocenters. The molecule has 6 rings (SSSR count). The molecule has 0 radical (unpaired) electrons. The van der Waals surface area contributed by atoms with Gasteiger partial charge < -0.3 is 14.6 Å². The van der Waals surface area contributed by atoms with Crippen molar-refractivity contribution >= 4 is 72.9 Å². The summed E-state index contributed by atoms with van der Waals surface area (Å²) < 4.78 is 70.6. The van der Waals surface area contributed by atoms with Crippen molar-refractivity contribution in [1.29, 1.82) is 0 Å². The average molecular weight is 912 g/mol. The largest absolute Gasteiger partial charge is 0.344 e. The topological polar surface area (TPSA) is 242 Å². The quantitative estimate of drug-likeness (QED) is 0.0853. The predicted octanol–water partition coefficient (Wildman–Crippen LogP) is 5.13. The molecule has 4 amide bonds. The fraction of sp³-hybridized carbons (Fsp3) is 0.465. The first kappa shape index (κ1) is 46.9. The second-order valence-corrected chi connectivity index (χ2v) is 19.7. The molecule has 0 bridgehead atoms. The first-order chi connectivity index (χ1) is 29.5. The Morgan fingerprint density at radius 3 is 1.70 bits per heavy atom. The number of amides is 4. The Labute approximate surface area is 365 Å². The molecule has 0 saturated carbocycles. The normalized spacial score (nSPS) is 19.0. The standard InChI is InChI=1S/C43H50N4O14S2/c1-42(2)30-26-28(62(54,55)56)16-18-32(30)44(24-9-5-7-14-40(52)60-46-36(48)20-21-37(46)49)34(42)12-11-13-35-43(3,4)31-27-29(63(57,58)59)17-19-33(31)45(35)25-10-6-8-15-41(53)61-47-38(50)22-23-39(47)51/h11-13,16-19,26-27H,5-10,14-15,20-25H2,1-4H3,(H-,54,55,56,57,58,59)/p+1. The van der Waals surface area contributed by atoms with Crippen molar-refractivity contribution < 1.29 is 69.0 Å². The molecule has 4 aliphatic rings. The summed E-state index contributed by atoms with van der Waals surface area (Å²) in [6.45, 7) is 8.62. The van der Waals surface area contributed by atoms with Crippen LogP contribution in [-0.2, 0) is 69.5 Å². The Hall–Kier alpha value is -5.57. The number of carbonyl (C=O) groups excluding carboxylic acids is 6. The van der Waals surface area contributed by atoms with Crippen LogP contribution < -0.4 is 4.90 Å². The van der Waals surface area contributed by atoms with Crippen LogP contribution in [0.5, 0.6) is 0 Å². The second-order valence-electron chi connectivity index (χ2n) is 16.9.